The Morgan fingerprint density at radius 1 is 1.10 bits per heavy atom. The van der Waals surface area contributed by atoms with E-state index < -0.39 is 5.97 Å². The molecule has 0 radical (unpaired) electrons. The summed E-state index contributed by atoms with van der Waals surface area (Å²) in [5.74, 6) is -0.681. The number of anilines is 1. The number of thioether (sulfide) groups is 1. The molecular weight excluding hydrogens is 405 g/mol. The van der Waals surface area contributed by atoms with E-state index in [0.717, 1.165) is 0 Å². The van der Waals surface area contributed by atoms with E-state index in [9.17, 15) is 14.0 Å². The minimum Gasteiger partial charge on any atom is -0.462 e. The zero-order valence-electron chi connectivity index (χ0n) is 16.5. The highest BCUT2D eigenvalue weighted by Crippen LogP contribution is 2.23. The molecule has 0 aliphatic carbocycles. The van der Waals surface area contributed by atoms with Crippen molar-refractivity contribution >= 4 is 29.3 Å². The van der Waals surface area contributed by atoms with E-state index in [4.69, 9.17) is 4.74 Å². The first kappa shape index (κ1) is 21.4. The zero-order valence-corrected chi connectivity index (χ0v) is 17.3. The van der Waals surface area contributed by atoms with Gasteiger partial charge in [0.25, 0.3) is 0 Å². The van der Waals surface area contributed by atoms with E-state index in [2.05, 4.69) is 15.3 Å². The van der Waals surface area contributed by atoms with Crippen molar-refractivity contribution in [1.29, 1.82) is 0 Å². The van der Waals surface area contributed by atoms with E-state index in [0.29, 0.717) is 33.4 Å². The summed E-state index contributed by atoms with van der Waals surface area (Å²) in [6.45, 7) is 3.78. The number of amides is 1. The molecule has 0 fully saturated rings. The van der Waals surface area contributed by atoms with Crippen molar-refractivity contribution in [2.24, 2.45) is 0 Å². The standard InChI is InChI=1S/C22H20FN3O3S/c1-3-29-22(28)17-9-4-5-10-18(17)25-19(27)13-30-20-11-14(2)24-21(26-20)15-7-6-8-16(23)12-15/h4-12H,3,13H2,1-2H3,(H,25,27). The van der Waals surface area contributed by atoms with Gasteiger partial charge < -0.3 is 10.1 Å². The molecule has 8 heteroatoms. The average molecular weight is 425 g/mol. The van der Waals surface area contributed by atoms with Gasteiger partial charge in [-0.05, 0) is 44.2 Å². The van der Waals surface area contributed by atoms with Gasteiger partial charge in [-0.3, -0.25) is 4.79 Å². The van der Waals surface area contributed by atoms with Gasteiger partial charge in [-0.1, -0.05) is 36.0 Å². The summed E-state index contributed by atoms with van der Waals surface area (Å²) in [7, 11) is 0. The van der Waals surface area contributed by atoms with Crippen molar-refractivity contribution in [3.05, 3.63) is 71.7 Å². The lowest BCUT2D eigenvalue weighted by molar-refractivity contribution is -0.113. The van der Waals surface area contributed by atoms with Crippen LogP contribution in [0.5, 0.6) is 0 Å². The predicted molar refractivity (Wildman–Crippen MR) is 114 cm³/mol. The van der Waals surface area contributed by atoms with Crippen LogP contribution < -0.4 is 5.32 Å². The Labute approximate surface area is 177 Å². The molecule has 2 aromatic carbocycles. The number of hydrogen-bond donors (Lipinski definition) is 1. The molecule has 0 unspecified atom stereocenters. The number of nitrogens with zero attached hydrogens (tertiary/aromatic N) is 2. The molecule has 1 heterocycles. The molecule has 1 amide bonds. The van der Waals surface area contributed by atoms with E-state index in [1.807, 2.05) is 6.92 Å². The highest BCUT2D eigenvalue weighted by Gasteiger charge is 2.15. The van der Waals surface area contributed by atoms with Gasteiger partial charge in [-0.15, -0.1) is 0 Å². The first-order valence-electron chi connectivity index (χ1n) is 9.26. The van der Waals surface area contributed by atoms with Gasteiger partial charge in [0.15, 0.2) is 5.82 Å². The third-order valence-electron chi connectivity index (χ3n) is 3.96. The normalized spacial score (nSPS) is 10.5. The number of carbonyl (C=O) groups excluding carboxylic acids is 2. The maximum atomic E-state index is 13.5. The van der Waals surface area contributed by atoms with Crippen LogP contribution in [0.4, 0.5) is 10.1 Å². The van der Waals surface area contributed by atoms with Crippen molar-refractivity contribution in [2.75, 3.05) is 17.7 Å². The quantitative estimate of drug-likeness (QED) is 0.341. The fraction of sp³-hybridized carbons (Fsp3) is 0.182. The summed E-state index contributed by atoms with van der Waals surface area (Å²) < 4.78 is 18.5. The van der Waals surface area contributed by atoms with Crippen molar-refractivity contribution < 1.29 is 18.7 Å². The number of ether oxygens (including phenoxy) is 1. The lowest BCUT2D eigenvalue weighted by atomic mass is 10.2. The molecule has 1 N–H and O–H groups in total. The topological polar surface area (TPSA) is 81.2 Å². The number of rotatable bonds is 7. The third-order valence-corrected chi connectivity index (χ3v) is 4.87. The van der Waals surface area contributed by atoms with Gasteiger partial charge in [0.1, 0.15) is 10.8 Å². The van der Waals surface area contributed by atoms with Crippen LogP contribution in [-0.2, 0) is 9.53 Å². The van der Waals surface area contributed by atoms with Gasteiger partial charge in [-0.25, -0.2) is 19.2 Å². The van der Waals surface area contributed by atoms with Gasteiger partial charge in [0, 0.05) is 11.3 Å². The number of esters is 1. The minimum atomic E-state index is -0.493. The molecule has 0 spiro atoms. The molecule has 3 aromatic rings. The molecular formula is C22H20FN3O3S. The van der Waals surface area contributed by atoms with Crippen molar-refractivity contribution in [3.8, 4) is 11.4 Å². The summed E-state index contributed by atoms with van der Waals surface area (Å²) in [5, 5.41) is 3.33. The number of carbonyl (C=O) groups is 2. The summed E-state index contributed by atoms with van der Waals surface area (Å²) in [6, 6.07) is 14.5. The van der Waals surface area contributed by atoms with Crippen molar-refractivity contribution in [3.63, 3.8) is 0 Å². The predicted octanol–water partition coefficient (Wildman–Crippen LogP) is 4.50. The van der Waals surface area contributed by atoms with Crippen LogP contribution in [-0.4, -0.2) is 34.2 Å². The molecule has 3 rings (SSSR count). The second kappa shape index (κ2) is 9.98. The van der Waals surface area contributed by atoms with Crippen molar-refractivity contribution in [2.45, 2.75) is 18.9 Å². The van der Waals surface area contributed by atoms with Gasteiger partial charge >= 0.3 is 5.97 Å². The summed E-state index contributed by atoms with van der Waals surface area (Å²) in [6.07, 6.45) is 0. The molecule has 0 aliphatic rings. The van der Waals surface area contributed by atoms with Crippen LogP contribution in [0.3, 0.4) is 0 Å². The van der Waals surface area contributed by atoms with Gasteiger partial charge in [0.05, 0.1) is 23.6 Å². The number of aryl methyl sites for hydroxylation is 1. The van der Waals surface area contributed by atoms with Crippen LogP contribution in [0.2, 0.25) is 0 Å². The number of nitrogens with one attached hydrogen (secondary N) is 1. The number of para-hydroxylation sites is 1. The van der Waals surface area contributed by atoms with Crippen LogP contribution in [0.25, 0.3) is 11.4 Å². The highest BCUT2D eigenvalue weighted by atomic mass is 32.2. The number of benzene rings is 2. The van der Waals surface area contributed by atoms with Crippen molar-refractivity contribution in [1.82, 2.24) is 9.97 Å². The van der Waals surface area contributed by atoms with E-state index in [-0.39, 0.29) is 24.1 Å². The molecule has 0 saturated carbocycles. The minimum absolute atomic E-state index is 0.0796. The SMILES string of the molecule is CCOC(=O)c1ccccc1NC(=O)CSc1cc(C)nc(-c2cccc(F)c2)n1. The third kappa shape index (κ3) is 5.64. The molecule has 154 valence electrons. The first-order chi connectivity index (χ1) is 14.5. The molecule has 1 aromatic heterocycles. The number of halogens is 1. The van der Waals surface area contributed by atoms with Gasteiger partial charge in [-0.2, -0.15) is 0 Å². The number of hydrogen-bond acceptors (Lipinski definition) is 6. The van der Waals surface area contributed by atoms with Crippen LogP contribution in [0.15, 0.2) is 59.6 Å². The smallest absolute Gasteiger partial charge is 0.340 e. The van der Waals surface area contributed by atoms with Gasteiger partial charge in [0.2, 0.25) is 5.91 Å². The Kier molecular flexibility index (Phi) is 7.13. The Bertz CT molecular complexity index is 1070. The molecule has 6 nitrogen and oxygen atoms in total. The Hall–Kier alpha value is -3.26. The van der Waals surface area contributed by atoms with Crippen LogP contribution in [0.1, 0.15) is 23.0 Å². The lowest BCUT2D eigenvalue weighted by Crippen LogP contribution is -2.17. The maximum Gasteiger partial charge on any atom is 0.340 e. The molecule has 0 saturated heterocycles. The summed E-state index contributed by atoms with van der Waals surface area (Å²) in [5.41, 5.74) is 1.96. The monoisotopic (exact) mass is 425 g/mol. The second-order valence-electron chi connectivity index (χ2n) is 6.28. The van der Waals surface area contributed by atoms with E-state index in [1.54, 1.807) is 49.4 Å². The summed E-state index contributed by atoms with van der Waals surface area (Å²) in [4.78, 5) is 33.2. The fourth-order valence-corrected chi connectivity index (χ4v) is 3.43. The largest absolute Gasteiger partial charge is 0.462 e. The van der Waals surface area contributed by atoms with E-state index >= 15 is 0 Å². The second-order valence-corrected chi connectivity index (χ2v) is 7.28. The molecule has 0 bridgehead atoms. The molecule has 30 heavy (non-hydrogen) atoms. The number of aromatic nitrogens is 2. The Balaban J connectivity index is 1.69. The maximum absolute atomic E-state index is 13.5. The van der Waals surface area contributed by atoms with E-state index in [1.165, 1.54) is 23.9 Å². The zero-order chi connectivity index (χ0) is 21.5. The average Bonchev–Trinajstić information content (AvgIpc) is 2.72. The Morgan fingerprint density at radius 2 is 1.90 bits per heavy atom. The summed E-state index contributed by atoms with van der Waals surface area (Å²) >= 11 is 1.23. The van der Waals surface area contributed by atoms with Crippen LogP contribution in [0, 0.1) is 12.7 Å². The van der Waals surface area contributed by atoms with Crippen LogP contribution >= 0.6 is 11.8 Å². The lowest BCUT2D eigenvalue weighted by Gasteiger charge is -2.10. The first-order valence-corrected chi connectivity index (χ1v) is 10.2. The Morgan fingerprint density at radius 3 is 2.67 bits per heavy atom. The molecule has 0 aliphatic heterocycles. The fourth-order valence-electron chi connectivity index (χ4n) is 2.68. The highest BCUT2D eigenvalue weighted by molar-refractivity contribution is 7.99. The molecule has 0 atom stereocenters.